The number of rotatable bonds is 20. The van der Waals surface area contributed by atoms with Gasteiger partial charge in [-0.15, -0.1) is 34.9 Å². The average molecular weight is 1140 g/mol. The van der Waals surface area contributed by atoms with E-state index in [0.717, 1.165) is 44.5 Å². The Labute approximate surface area is 488 Å². The van der Waals surface area contributed by atoms with E-state index in [1.54, 1.807) is 5.38 Å². The van der Waals surface area contributed by atoms with Gasteiger partial charge in [0.1, 0.15) is 35.1 Å². The number of benzene rings is 8. The van der Waals surface area contributed by atoms with Crippen molar-refractivity contribution in [3.63, 3.8) is 0 Å². The highest BCUT2D eigenvalue weighted by Crippen LogP contribution is 2.46. The number of thiazole rings is 1. The minimum Gasteiger partial charge on any atom is -0.448 e. The van der Waals surface area contributed by atoms with E-state index in [1.165, 1.54) is 39.8 Å². The number of aromatic nitrogens is 1. The number of nitrogens with one attached hydrogen (secondary N) is 2. The van der Waals surface area contributed by atoms with E-state index in [4.69, 9.17) is 29.2 Å². The van der Waals surface area contributed by atoms with Crippen molar-refractivity contribution in [2.75, 3.05) is 30.2 Å². The lowest BCUT2D eigenvalue weighted by Gasteiger charge is -2.49. The summed E-state index contributed by atoms with van der Waals surface area (Å²) >= 11 is 4.20. The van der Waals surface area contributed by atoms with Gasteiger partial charge in [-0.05, 0) is 27.8 Å². The fraction of sp³-hybridized carbons (Fsp3) is 0.149. The second kappa shape index (κ2) is 24.7. The summed E-state index contributed by atoms with van der Waals surface area (Å²) in [5.41, 5.74) is 4.54. The van der Waals surface area contributed by atoms with Gasteiger partial charge in [-0.1, -0.05) is 248 Å². The Hall–Kier alpha value is -8.57. The van der Waals surface area contributed by atoms with Gasteiger partial charge in [0.2, 0.25) is 5.60 Å². The third-order valence-corrected chi connectivity index (χ3v) is 18.1. The molecule has 1 aromatic heterocycles. The van der Waals surface area contributed by atoms with Gasteiger partial charge in [-0.3, -0.25) is 14.5 Å². The predicted molar refractivity (Wildman–Crippen MR) is 323 cm³/mol. The van der Waals surface area contributed by atoms with Crippen molar-refractivity contribution in [3.05, 3.63) is 309 Å². The number of anilines is 1. The largest absolute Gasteiger partial charge is 0.448 e. The van der Waals surface area contributed by atoms with E-state index in [2.05, 4.69) is 47.0 Å². The maximum absolute atomic E-state index is 15.5. The van der Waals surface area contributed by atoms with E-state index in [0.29, 0.717) is 28.1 Å². The van der Waals surface area contributed by atoms with Crippen LogP contribution in [0, 0.1) is 0 Å². The second-order valence-corrected chi connectivity index (χ2v) is 22.7. The van der Waals surface area contributed by atoms with Gasteiger partial charge >= 0.3 is 5.97 Å². The molecule has 2 fully saturated rings. The van der Waals surface area contributed by atoms with Crippen molar-refractivity contribution >= 4 is 63.5 Å². The molecule has 15 heteroatoms. The molecule has 0 aliphatic carbocycles. The number of hydrogen-bond donors (Lipinski definition) is 2. The molecule has 2 unspecified atom stereocenters. The number of esters is 1. The summed E-state index contributed by atoms with van der Waals surface area (Å²) in [6, 6.07) is 77.7. The van der Waals surface area contributed by atoms with E-state index < -0.39 is 46.4 Å². The van der Waals surface area contributed by atoms with Crippen molar-refractivity contribution in [2.45, 2.75) is 34.8 Å². The van der Waals surface area contributed by atoms with Crippen LogP contribution in [0.2, 0.25) is 0 Å². The number of hydrogen-bond acceptors (Lipinski definition) is 13. The Balaban J connectivity index is 0.928. The van der Waals surface area contributed by atoms with Crippen LogP contribution in [0.15, 0.2) is 264 Å². The van der Waals surface area contributed by atoms with Crippen LogP contribution in [-0.4, -0.2) is 75.8 Å². The molecule has 2 amide bonds. The van der Waals surface area contributed by atoms with Crippen LogP contribution in [0.1, 0.15) is 56.3 Å². The fourth-order valence-electron chi connectivity index (χ4n) is 10.7. The zero-order valence-electron chi connectivity index (χ0n) is 44.2. The normalized spacial score (nSPS) is 17.2. The van der Waals surface area contributed by atoms with Crippen LogP contribution in [0.5, 0.6) is 0 Å². The van der Waals surface area contributed by atoms with Crippen molar-refractivity contribution < 1.29 is 33.4 Å². The summed E-state index contributed by atoms with van der Waals surface area (Å²) in [6.07, 6.45) is -0.973. The molecule has 9 aromatic rings. The zero-order chi connectivity index (χ0) is 55.7. The van der Waals surface area contributed by atoms with Gasteiger partial charge in [0, 0.05) is 38.5 Å². The number of oxime groups is 1. The number of β-lactam (4-membered cyclic amide) rings is 1. The Morgan fingerprint density at radius 1 is 0.659 bits per heavy atom. The molecule has 3 aliphatic heterocycles. The molecule has 0 saturated carbocycles. The molecule has 82 heavy (non-hydrogen) atoms. The van der Waals surface area contributed by atoms with Crippen LogP contribution in [0.3, 0.4) is 0 Å². The molecule has 12 nitrogen and oxygen atoms in total. The maximum Gasteiger partial charge on any atom is 0.356 e. The molecule has 0 spiro atoms. The molecule has 2 N–H and O–H groups in total. The molecular formula is C67H55N5O7S3. The lowest BCUT2D eigenvalue weighted by molar-refractivity contribution is -0.154. The molecule has 3 atom stereocenters. The van der Waals surface area contributed by atoms with Crippen molar-refractivity contribution in [1.29, 1.82) is 0 Å². The first-order valence-electron chi connectivity index (χ1n) is 26.9. The van der Waals surface area contributed by atoms with Crippen LogP contribution in [0.25, 0.3) is 0 Å². The third kappa shape index (κ3) is 10.9. The lowest BCUT2D eigenvalue weighted by atomic mass is 9.77. The topological polar surface area (TPSA) is 141 Å². The van der Waals surface area contributed by atoms with Crippen molar-refractivity contribution in [1.82, 2.24) is 15.2 Å². The highest BCUT2D eigenvalue weighted by molar-refractivity contribution is 8.06. The zero-order valence-corrected chi connectivity index (χ0v) is 46.7. The standard InChI is InChI=1S/C67H55N5O7S3/c73-61(69-58-62(74)72-59(56(44-81-63(58)72)80-42-54-41-76-45-77-54)64(75)78-60(46-25-9-1-10-26-46)47-27-11-2-12-28-47)57(71-79-67(51-35-19-6-20-36-51,52-37-21-7-22-38-52)53-39-23-8-24-40-53)55-43-82-65(68-55)70-66(48-29-13-3-14-30-48,49-31-15-4-16-32-49)50-33-17-5-18-34-50/h1-40,43,54,58,60,63H,41-42,44-45H2,(H,68,70)(H,69,73)/b71-57-/t54?,58?,63-/m0/s1. The van der Waals surface area contributed by atoms with E-state index in [1.807, 2.05) is 206 Å². The minimum absolute atomic E-state index is 0.129. The van der Waals surface area contributed by atoms with E-state index in [9.17, 15) is 9.59 Å². The van der Waals surface area contributed by atoms with E-state index in [-0.39, 0.29) is 30.0 Å². The maximum atomic E-state index is 15.5. The second-order valence-electron chi connectivity index (χ2n) is 19.6. The molecule has 408 valence electrons. The number of carbonyl (C=O) groups is 3. The summed E-state index contributed by atoms with van der Waals surface area (Å²) in [6.45, 7) is 0.604. The monoisotopic (exact) mass is 1140 g/mol. The van der Waals surface area contributed by atoms with Crippen molar-refractivity contribution in [3.8, 4) is 0 Å². The Kier molecular flexibility index (Phi) is 16.2. The van der Waals surface area contributed by atoms with Crippen LogP contribution < -0.4 is 10.6 Å². The average Bonchev–Trinajstić information content (AvgIpc) is 4.03. The third-order valence-electron chi connectivity index (χ3n) is 14.7. The first kappa shape index (κ1) is 54.0. The van der Waals surface area contributed by atoms with Gasteiger partial charge in [0.25, 0.3) is 11.8 Å². The number of fused-ring (bicyclic) bond motifs is 1. The summed E-state index contributed by atoms with van der Waals surface area (Å²) < 4.78 is 17.7. The number of nitrogens with zero attached hydrogens (tertiary/aromatic N) is 3. The summed E-state index contributed by atoms with van der Waals surface area (Å²) in [5, 5.41) is 13.4. The summed E-state index contributed by atoms with van der Waals surface area (Å²) in [7, 11) is 0. The molecule has 3 aliphatic rings. The summed E-state index contributed by atoms with van der Waals surface area (Å²) in [4.78, 5) is 59.8. The number of ether oxygens (including phenoxy) is 3. The molecule has 12 rings (SSSR count). The molecule has 8 aromatic carbocycles. The molecule has 0 bridgehead atoms. The first-order chi connectivity index (χ1) is 40.4. The molecule has 0 radical (unpaired) electrons. The highest BCUT2D eigenvalue weighted by atomic mass is 32.2. The highest BCUT2D eigenvalue weighted by Gasteiger charge is 2.55. The van der Waals surface area contributed by atoms with Gasteiger partial charge < -0.3 is 29.7 Å². The molecule has 4 heterocycles. The van der Waals surface area contributed by atoms with Crippen LogP contribution in [-0.2, 0) is 44.6 Å². The smallest absolute Gasteiger partial charge is 0.356 e. The number of amides is 2. The Morgan fingerprint density at radius 2 is 1.12 bits per heavy atom. The summed E-state index contributed by atoms with van der Waals surface area (Å²) in [5.74, 6) is -1.01. The van der Waals surface area contributed by atoms with E-state index >= 15 is 4.79 Å². The number of thioether (sulfide) groups is 2. The number of carbonyl (C=O) groups excluding carboxylic acids is 3. The predicted octanol–water partition coefficient (Wildman–Crippen LogP) is 12.3. The van der Waals surface area contributed by atoms with Crippen LogP contribution in [0.4, 0.5) is 5.13 Å². The van der Waals surface area contributed by atoms with Gasteiger partial charge in [-0.25, -0.2) is 9.78 Å². The van der Waals surface area contributed by atoms with Gasteiger partial charge in [0.15, 0.2) is 16.9 Å². The van der Waals surface area contributed by atoms with Gasteiger partial charge in [0.05, 0.1) is 12.7 Å². The SMILES string of the molecule is O=C(OC(c1ccccc1)c1ccccc1)C1=C(SCC2COCO2)CS[C@H]2C(NC(=O)/C(=N\OC(c3ccccc3)(c3ccccc3)c3ccccc3)c3csc(NC(c4ccccc4)(c4ccccc4)c4ccccc4)n3)C(=O)N12. The fourth-order valence-corrected chi connectivity index (χ4v) is 14.1. The van der Waals surface area contributed by atoms with Gasteiger partial charge in [-0.2, -0.15) is 0 Å². The van der Waals surface area contributed by atoms with Crippen molar-refractivity contribution in [2.24, 2.45) is 5.16 Å². The Morgan fingerprint density at radius 3 is 1.59 bits per heavy atom. The first-order valence-corrected chi connectivity index (χ1v) is 29.8. The lowest BCUT2D eigenvalue weighted by Crippen LogP contribution is -2.71. The Bertz CT molecular complexity index is 3460. The quantitative estimate of drug-likeness (QED) is 0.0248. The van der Waals surface area contributed by atoms with Crippen LogP contribution >= 0.6 is 34.9 Å². The molecule has 2 saturated heterocycles. The molecular weight excluding hydrogens is 1080 g/mol. The minimum atomic E-state index is -1.38.